The van der Waals surface area contributed by atoms with Crippen molar-refractivity contribution in [2.75, 3.05) is 0 Å². The molecular weight excluding hydrogens is 374 g/mol. The molecule has 1 heterocycles. The lowest BCUT2D eigenvalue weighted by molar-refractivity contribution is 1.22. The molecule has 0 amide bonds. The van der Waals surface area contributed by atoms with Gasteiger partial charge in [-0.3, -0.25) is 4.98 Å². The van der Waals surface area contributed by atoms with Crippen LogP contribution in [0.1, 0.15) is 5.69 Å². The Hall–Kier alpha value is 0.0700. The zero-order chi connectivity index (χ0) is 10.3. The molecule has 0 spiro atoms. The SMILES string of the molecule is Cc1nc2cc(Br)ccc2c(Br)c1Br. The number of hydrogen-bond donors (Lipinski definition) is 0. The van der Waals surface area contributed by atoms with Crippen molar-refractivity contribution in [2.45, 2.75) is 6.92 Å². The summed E-state index contributed by atoms with van der Waals surface area (Å²) in [6, 6.07) is 6.07. The molecule has 0 aliphatic carbocycles. The topological polar surface area (TPSA) is 12.9 Å². The van der Waals surface area contributed by atoms with Crippen LogP contribution in [0.2, 0.25) is 0 Å². The van der Waals surface area contributed by atoms with E-state index in [1.165, 1.54) is 0 Å². The van der Waals surface area contributed by atoms with Crippen LogP contribution in [0.5, 0.6) is 0 Å². The first-order valence-electron chi connectivity index (χ1n) is 4.00. The number of rotatable bonds is 0. The van der Waals surface area contributed by atoms with Gasteiger partial charge in [0.2, 0.25) is 0 Å². The van der Waals surface area contributed by atoms with E-state index in [-0.39, 0.29) is 0 Å². The lowest BCUT2D eigenvalue weighted by Crippen LogP contribution is -1.87. The molecule has 0 saturated heterocycles. The van der Waals surface area contributed by atoms with Crippen molar-refractivity contribution in [3.8, 4) is 0 Å². The Kier molecular flexibility index (Phi) is 2.96. The first-order chi connectivity index (χ1) is 6.59. The summed E-state index contributed by atoms with van der Waals surface area (Å²) in [7, 11) is 0. The highest BCUT2D eigenvalue weighted by molar-refractivity contribution is 9.13. The normalized spacial score (nSPS) is 10.9. The molecule has 72 valence electrons. The Morgan fingerprint density at radius 2 is 1.79 bits per heavy atom. The minimum atomic E-state index is 0.988. The van der Waals surface area contributed by atoms with Crippen LogP contribution in [0.3, 0.4) is 0 Å². The van der Waals surface area contributed by atoms with E-state index in [4.69, 9.17) is 0 Å². The third kappa shape index (κ3) is 1.75. The van der Waals surface area contributed by atoms with Gasteiger partial charge in [-0.1, -0.05) is 22.0 Å². The van der Waals surface area contributed by atoms with E-state index in [9.17, 15) is 0 Å². The maximum atomic E-state index is 4.49. The molecule has 1 aromatic carbocycles. The number of benzene rings is 1. The molecule has 1 nitrogen and oxygen atoms in total. The third-order valence-corrected chi connectivity index (χ3v) is 4.81. The fourth-order valence-electron chi connectivity index (χ4n) is 1.29. The van der Waals surface area contributed by atoms with Gasteiger partial charge < -0.3 is 0 Å². The van der Waals surface area contributed by atoms with Gasteiger partial charge in [-0.25, -0.2) is 0 Å². The van der Waals surface area contributed by atoms with Crippen LogP contribution in [-0.2, 0) is 0 Å². The largest absolute Gasteiger partial charge is 0.252 e. The van der Waals surface area contributed by atoms with Gasteiger partial charge in [0.1, 0.15) is 0 Å². The smallest absolute Gasteiger partial charge is 0.0728 e. The number of aryl methyl sites for hydroxylation is 1. The number of fused-ring (bicyclic) bond motifs is 1. The number of halogens is 3. The molecule has 0 aliphatic heterocycles. The summed E-state index contributed by atoms with van der Waals surface area (Å²) >= 11 is 10.5. The second-order valence-electron chi connectivity index (χ2n) is 2.99. The summed E-state index contributed by atoms with van der Waals surface area (Å²) in [5.41, 5.74) is 1.98. The van der Waals surface area contributed by atoms with E-state index >= 15 is 0 Å². The molecule has 2 aromatic rings. The Morgan fingerprint density at radius 3 is 2.50 bits per heavy atom. The van der Waals surface area contributed by atoms with E-state index in [0.29, 0.717) is 0 Å². The van der Waals surface area contributed by atoms with Crippen molar-refractivity contribution >= 4 is 58.7 Å². The van der Waals surface area contributed by atoms with Gasteiger partial charge in [-0.15, -0.1) is 0 Å². The van der Waals surface area contributed by atoms with Crippen LogP contribution >= 0.6 is 47.8 Å². The number of nitrogens with zero attached hydrogens (tertiary/aromatic N) is 1. The number of pyridine rings is 1. The fraction of sp³-hybridized carbons (Fsp3) is 0.100. The van der Waals surface area contributed by atoms with Gasteiger partial charge in [0.15, 0.2) is 0 Å². The highest BCUT2D eigenvalue weighted by Gasteiger charge is 2.07. The highest BCUT2D eigenvalue weighted by atomic mass is 79.9. The molecule has 1 aromatic heterocycles. The van der Waals surface area contributed by atoms with Gasteiger partial charge in [0.25, 0.3) is 0 Å². The first-order valence-corrected chi connectivity index (χ1v) is 6.38. The molecule has 0 saturated carbocycles. The standard InChI is InChI=1S/C10H6Br3N/c1-5-9(12)10(13)7-3-2-6(11)4-8(7)14-5/h2-4H,1H3. The average molecular weight is 380 g/mol. The van der Waals surface area contributed by atoms with Gasteiger partial charge >= 0.3 is 0 Å². The van der Waals surface area contributed by atoms with Gasteiger partial charge in [-0.05, 0) is 50.9 Å². The Bertz CT molecular complexity index is 508. The molecule has 2 rings (SSSR count). The maximum Gasteiger partial charge on any atom is 0.0728 e. The molecular formula is C10H6Br3N. The van der Waals surface area contributed by atoms with Crippen molar-refractivity contribution in [2.24, 2.45) is 0 Å². The van der Waals surface area contributed by atoms with Crippen LogP contribution in [0, 0.1) is 6.92 Å². The monoisotopic (exact) mass is 377 g/mol. The molecule has 0 radical (unpaired) electrons. The van der Waals surface area contributed by atoms with Crippen LogP contribution in [0.15, 0.2) is 31.6 Å². The van der Waals surface area contributed by atoms with E-state index in [1.807, 2.05) is 25.1 Å². The summed E-state index contributed by atoms with van der Waals surface area (Å²) < 4.78 is 3.13. The van der Waals surface area contributed by atoms with Crippen molar-refractivity contribution in [3.05, 3.63) is 37.3 Å². The van der Waals surface area contributed by atoms with Crippen molar-refractivity contribution in [1.29, 1.82) is 0 Å². The summed E-state index contributed by atoms with van der Waals surface area (Å²) in [6.45, 7) is 1.98. The van der Waals surface area contributed by atoms with Crippen molar-refractivity contribution < 1.29 is 0 Å². The second kappa shape index (κ2) is 3.91. The Morgan fingerprint density at radius 1 is 1.07 bits per heavy atom. The molecule has 0 atom stereocenters. The molecule has 0 aliphatic rings. The molecule has 0 bridgehead atoms. The Balaban J connectivity index is 2.91. The van der Waals surface area contributed by atoms with Gasteiger partial charge in [0.05, 0.1) is 15.7 Å². The fourth-order valence-corrected chi connectivity index (χ4v) is 2.56. The molecule has 4 heteroatoms. The van der Waals surface area contributed by atoms with Crippen LogP contribution in [0.25, 0.3) is 10.9 Å². The zero-order valence-corrected chi connectivity index (χ0v) is 12.1. The summed E-state index contributed by atoms with van der Waals surface area (Å²) in [5, 5.41) is 1.12. The van der Waals surface area contributed by atoms with Gasteiger partial charge in [-0.2, -0.15) is 0 Å². The maximum absolute atomic E-state index is 4.49. The number of aromatic nitrogens is 1. The van der Waals surface area contributed by atoms with Crippen molar-refractivity contribution in [1.82, 2.24) is 4.98 Å². The van der Waals surface area contributed by atoms with Crippen LogP contribution in [0.4, 0.5) is 0 Å². The van der Waals surface area contributed by atoms with Crippen LogP contribution in [-0.4, -0.2) is 4.98 Å². The molecule has 0 fully saturated rings. The molecule has 0 unspecified atom stereocenters. The van der Waals surface area contributed by atoms with E-state index < -0.39 is 0 Å². The summed E-state index contributed by atoms with van der Waals surface area (Å²) in [4.78, 5) is 4.49. The van der Waals surface area contributed by atoms with Gasteiger partial charge in [0, 0.05) is 14.3 Å². The van der Waals surface area contributed by atoms with E-state index in [0.717, 1.165) is 30.0 Å². The second-order valence-corrected chi connectivity index (χ2v) is 5.49. The predicted octanol–water partition coefficient (Wildman–Crippen LogP) is 4.83. The average Bonchev–Trinajstić information content (AvgIpc) is 2.14. The van der Waals surface area contributed by atoms with E-state index in [1.54, 1.807) is 0 Å². The minimum absolute atomic E-state index is 0.988. The number of hydrogen-bond acceptors (Lipinski definition) is 1. The van der Waals surface area contributed by atoms with Crippen LogP contribution < -0.4 is 0 Å². The third-order valence-electron chi connectivity index (χ3n) is 1.99. The quantitative estimate of drug-likeness (QED) is 0.638. The summed E-state index contributed by atoms with van der Waals surface area (Å²) in [5.74, 6) is 0. The minimum Gasteiger partial charge on any atom is -0.252 e. The molecule has 0 N–H and O–H groups in total. The molecule has 14 heavy (non-hydrogen) atoms. The zero-order valence-electron chi connectivity index (χ0n) is 7.31. The lowest BCUT2D eigenvalue weighted by atomic mass is 10.2. The summed E-state index contributed by atoms with van der Waals surface area (Å²) in [6.07, 6.45) is 0. The van der Waals surface area contributed by atoms with Crippen molar-refractivity contribution in [3.63, 3.8) is 0 Å². The van der Waals surface area contributed by atoms with E-state index in [2.05, 4.69) is 52.8 Å². The predicted molar refractivity (Wildman–Crippen MR) is 69.6 cm³/mol. The first kappa shape index (κ1) is 10.6. The highest BCUT2D eigenvalue weighted by Crippen LogP contribution is 2.33. The lowest BCUT2D eigenvalue weighted by Gasteiger charge is -2.05. The Labute approximate surface area is 107 Å².